The number of anilines is 1. The van der Waals surface area contributed by atoms with Gasteiger partial charge in [0.1, 0.15) is 17.3 Å². The van der Waals surface area contributed by atoms with E-state index in [0.29, 0.717) is 22.6 Å². The zero-order valence-electron chi connectivity index (χ0n) is 18.2. The molecule has 1 heterocycles. The lowest BCUT2D eigenvalue weighted by Crippen LogP contribution is -2.33. The molecule has 1 aliphatic heterocycles. The topological polar surface area (TPSA) is 96.0 Å². The maximum absolute atomic E-state index is 13.3. The van der Waals surface area contributed by atoms with Crippen LogP contribution in [0.15, 0.2) is 72.8 Å². The highest BCUT2D eigenvalue weighted by atomic mass is 19.1. The molecule has 1 N–H and O–H groups in total. The zero-order chi connectivity index (χ0) is 24.2. The summed E-state index contributed by atoms with van der Waals surface area (Å²) in [6, 6.07) is 17.9. The van der Waals surface area contributed by atoms with Crippen molar-refractivity contribution < 1.29 is 28.3 Å². The van der Waals surface area contributed by atoms with Crippen LogP contribution in [0.2, 0.25) is 0 Å². The van der Waals surface area contributed by atoms with Gasteiger partial charge in [-0.3, -0.25) is 24.2 Å². The Bertz CT molecular complexity index is 1260. The van der Waals surface area contributed by atoms with Crippen molar-refractivity contribution in [1.82, 2.24) is 9.80 Å². The first-order chi connectivity index (χ1) is 16.4. The van der Waals surface area contributed by atoms with E-state index in [1.165, 1.54) is 24.3 Å². The molecule has 172 valence electrons. The first-order valence-corrected chi connectivity index (χ1v) is 10.5. The largest absolute Gasteiger partial charge is 0.457 e. The molecule has 9 heteroatoms. The second-order valence-electron chi connectivity index (χ2n) is 7.42. The number of urea groups is 1. The van der Waals surface area contributed by atoms with Crippen LogP contribution >= 0.6 is 0 Å². The molecule has 4 rings (SSSR count). The van der Waals surface area contributed by atoms with E-state index in [1.54, 1.807) is 55.5 Å². The van der Waals surface area contributed by atoms with Crippen molar-refractivity contribution >= 4 is 29.4 Å². The maximum Gasteiger partial charge on any atom is 0.334 e. The Balaban J connectivity index is 1.65. The summed E-state index contributed by atoms with van der Waals surface area (Å²) in [5, 5.41) is 2.76. The van der Waals surface area contributed by atoms with Crippen molar-refractivity contribution in [1.29, 1.82) is 0 Å². The van der Waals surface area contributed by atoms with Gasteiger partial charge in [0.2, 0.25) is 0 Å². The number of carbonyl (C=O) groups excluding carboxylic acids is 4. The predicted octanol–water partition coefficient (Wildman–Crippen LogP) is 4.18. The third kappa shape index (κ3) is 4.63. The SMILES string of the molecule is CCN1C(=O)C(=O)N(Cc2cc(NC(=O)c3ccccc3)ccc2Oc2ccc(F)cc2)C1=O. The third-order valence-electron chi connectivity index (χ3n) is 5.18. The zero-order valence-corrected chi connectivity index (χ0v) is 18.2. The van der Waals surface area contributed by atoms with Gasteiger partial charge in [-0.15, -0.1) is 0 Å². The molecule has 0 spiro atoms. The van der Waals surface area contributed by atoms with Gasteiger partial charge in [0.25, 0.3) is 5.91 Å². The fourth-order valence-electron chi connectivity index (χ4n) is 3.44. The second kappa shape index (κ2) is 9.53. The van der Waals surface area contributed by atoms with Crippen LogP contribution in [0.3, 0.4) is 0 Å². The summed E-state index contributed by atoms with van der Waals surface area (Å²) in [6.07, 6.45) is 0. The van der Waals surface area contributed by atoms with Crippen molar-refractivity contribution in [2.24, 2.45) is 0 Å². The number of nitrogens with zero attached hydrogens (tertiary/aromatic N) is 2. The molecule has 0 atom stereocenters. The molecular formula is C25H20FN3O5. The lowest BCUT2D eigenvalue weighted by molar-refractivity contribution is -0.143. The summed E-state index contributed by atoms with van der Waals surface area (Å²) in [6.45, 7) is 1.40. The molecule has 1 aliphatic rings. The Hall–Kier alpha value is -4.53. The lowest BCUT2D eigenvalue weighted by atomic mass is 10.1. The molecule has 1 saturated heterocycles. The highest BCUT2D eigenvalue weighted by Crippen LogP contribution is 2.30. The molecule has 0 saturated carbocycles. The molecule has 34 heavy (non-hydrogen) atoms. The summed E-state index contributed by atoms with van der Waals surface area (Å²) < 4.78 is 19.1. The predicted molar refractivity (Wildman–Crippen MR) is 121 cm³/mol. The van der Waals surface area contributed by atoms with Crippen molar-refractivity contribution in [3.63, 3.8) is 0 Å². The van der Waals surface area contributed by atoms with E-state index in [4.69, 9.17) is 4.74 Å². The number of halogens is 1. The van der Waals surface area contributed by atoms with Gasteiger partial charge in [-0.1, -0.05) is 18.2 Å². The molecule has 5 amide bonds. The van der Waals surface area contributed by atoms with Gasteiger partial charge < -0.3 is 10.1 Å². The lowest BCUT2D eigenvalue weighted by Gasteiger charge is -2.18. The second-order valence-corrected chi connectivity index (χ2v) is 7.42. The first kappa shape index (κ1) is 22.7. The number of likely N-dealkylation sites (N-methyl/N-ethyl adjacent to an activating group) is 1. The van der Waals surface area contributed by atoms with Gasteiger partial charge in [0.05, 0.1) is 6.54 Å². The number of rotatable bonds is 7. The van der Waals surface area contributed by atoms with E-state index in [0.717, 1.165) is 9.80 Å². The minimum Gasteiger partial charge on any atom is -0.457 e. The minimum atomic E-state index is -0.946. The maximum atomic E-state index is 13.3. The van der Waals surface area contributed by atoms with Gasteiger partial charge in [-0.2, -0.15) is 0 Å². The van der Waals surface area contributed by atoms with Crippen LogP contribution in [0.1, 0.15) is 22.8 Å². The van der Waals surface area contributed by atoms with E-state index >= 15 is 0 Å². The number of ether oxygens (including phenoxy) is 1. The van der Waals surface area contributed by atoms with Crippen LogP contribution < -0.4 is 10.1 Å². The third-order valence-corrected chi connectivity index (χ3v) is 5.18. The number of nitrogens with one attached hydrogen (secondary N) is 1. The molecule has 0 aliphatic carbocycles. The van der Waals surface area contributed by atoms with Crippen molar-refractivity contribution in [3.05, 3.63) is 89.7 Å². The van der Waals surface area contributed by atoms with E-state index in [-0.39, 0.29) is 24.7 Å². The molecule has 0 bridgehead atoms. The Morgan fingerprint density at radius 3 is 2.24 bits per heavy atom. The number of benzene rings is 3. The number of hydrogen-bond donors (Lipinski definition) is 1. The van der Waals surface area contributed by atoms with E-state index in [2.05, 4.69) is 5.32 Å². The minimum absolute atomic E-state index is 0.0615. The quantitative estimate of drug-likeness (QED) is 0.421. The Kier molecular flexibility index (Phi) is 6.35. The van der Waals surface area contributed by atoms with Crippen LogP contribution in [0.4, 0.5) is 14.9 Å². The first-order valence-electron chi connectivity index (χ1n) is 10.5. The van der Waals surface area contributed by atoms with Crippen molar-refractivity contribution in [2.75, 3.05) is 11.9 Å². The highest BCUT2D eigenvalue weighted by Gasteiger charge is 2.43. The number of carbonyl (C=O) groups is 4. The Morgan fingerprint density at radius 1 is 0.912 bits per heavy atom. The molecule has 0 radical (unpaired) electrons. The van der Waals surface area contributed by atoms with Gasteiger partial charge in [0, 0.05) is 23.4 Å². The van der Waals surface area contributed by atoms with Crippen LogP contribution in [0.25, 0.3) is 0 Å². The summed E-state index contributed by atoms with van der Waals surface area (Å²) in [5.74, 6) is -2.03. The van der Waals surface area contributed by atoms with E-state index in [9.17, 15) is 23.6 Å². The van der Waals surface area contributed by atoms with E-state index < -0.39 is 23.7 Å². The summed E-state index contributed by atoms with van der Waals surface area (Å²) >= 11 is 0. The normalized spacial score (nSPS) is 13.4. The molecule has 1 fully saturated rings. The van der Waals surface area contributed by atoms with Crippen LogP contribution in [-0.4, -0.2) is 40.1 Å². The molecular weight excluding hydrogens is 441 g/mol. The monoisotopic (exact) mass is 461 g/mol. The Morgan fingerprint density at radius 2 is 1.59 bits per heavy atom. The molecule has 3 aromatic rings. The molecule has 3 aromatic carbocycles. The summed E-state index contributed by atoms with van der Waals surface area (Å²) in [4.78, 5) is 51.3. The average molecular weight is 461 g/mol. The fraction of sp³-hybridized carbons (Fsp3) is 0.120. The van der Waals surface area contributed by atoms with E-state index in [1.807, 2.05) is 0 Å². The standard InChI is InChI=1S/C25H20FN3O5/c1-2-28-23(31)24(32)29(25(28)33)15-17-14-19(27-22(30)16-6-4-3-5-7-16)10-13-21(17)34-20-11-8-18(26)9-12-20/h3-14H,2,15H2,1H3,(H,27,30). The number of hydrogen-bond acceptors (Lipinski definition) is 5. The fourth-order valence-corrected chi connectivity index (χ4v) is 3.44. The molecule has 0 unspecified atom stereocenters. The average Bonchev–Trinajstić information content (AvgIpc) is 3.05. The summed E-state index contributed by atoms with van der Waals surface area (Å²) in [7, 11) is 0. The van der Waals surface area contributed by atoms with Crippen LogP contribution in [0.5, 0.6) is 11.5 Å². The van der Waals surface area contributed by atoms with Crippen LogP contribution in [0, 0.1) is 5.82 Å². The van der Waals surface area contributed by atoms with Crippen LogP contribution in [-0.2, 0) is 16.1 Å². The van der Waals surface area contributed by atoms with Crippen molar-refractivity contribution in [2.45, 2.75) is 13.5 Å². The van der Waals surface area contributed by atoms with Gasteiger partial charge in [0.15, 0.2) is 0 Å². The van der Waals surface area contributed by atoms with Gasteiger partial charge in [-0.05, 0) is 61.5 Å². The van der Waals surface area contributed by atoms with Crippen molar-refractivity contribution in [3.8, 4) is 11.5 Å². The smallest absolute Gasteiger partial charge is 0.334 e. The number of imide groups is 2. The summed E-state index contributed by atoms with van der Waals surface area (Å²) in [5.41, 5.74) is 1.21. The Labute approximate surface area is 194 Å². The number of amides is 5. The van der Waals surface area contributed by atoms with Gasteiger partial charge >= 0.3 is 17.8 Å². The molecule has 8 nitrogen and oxygen atoms in total. The van der Waals surface area contributed by atoms with Gasteiger partial charge in [-0.25, -0.2) is 9.18 Å². The highest BCUT2D eigenvalue weighted by molar-refractivity contribution is 6.44. The molecule has 0 aromatic heterocycles.